The van der Waals surface area contributed by atoms with Gasteiger partial charge in [0.05, 0.1) is 5.69 Å². The minimum Gasteiger partial charge on any atom is -0.325 e. The molecule has 0 aliphatic heterocycles. The number of anilines is 2. The molecule has 1 aromatic carbocycles. The van der Waals surface area contributed by atoms with E-state index in [0.717, 1.165) is 5.69 Å². The highest BCUT2D eigenvalue weighted by atomic mass is 19.1. The van der Waals surface area contributed by atoms with Crippen LogP contribution in [0.25, 0.3) is 0 Å². The molecule has 0 radical (unpaired) electrons. The van der Waals surface area contributed by atoms with Gasteiger partial charge in [0, 0.05) is 31.2 Å². The van der Waals surface area contributed by atoms with Gasteiger partial charge in [-0.2, -0.15) is 0 Å². The van der Waals surface area contributed by atoms with Crippen molar-refractivity contribution in [1.82, 2.24) is 9.97 Å². The minimum absolute atomic E-state index is 0.274. The number of hydrogen-bond acceptors (Lipinski definition) is 4. The zero-order valence-electron chi connectivity index (χ0n) is 10.2. The first-order valence-electron chi connectivity index (χ1n) is 5.79. The maximum Gasteiger partial charge on any atom is 0.156 e. The molecular formula is C13H15FN4. The second kappa shape index (κ2) is 5.55. The van der Waals surface area contributed by atoms with Crippen LogP contribution in [0.5, 0.6) is 0 Å². The number of nitrogens with two attached hydrogens (primary N) is 1. The van der Waals surface area contributed by atoms with E-state index in [2.05, 4.69) is 9.97 Å². The maximum atomic E-state index is 13.3. The van der Waals surface area contributed by atoms with Crippen molar-refractivity contribution in [1.29, 1.82) is 0 Å². The van der Waals surface area contributed by atoms with Crippen molar-refractivity contribution < 1.29 is 4.39 Å². The van der Waals surface area contributed by atoms with Crippen LogP contribution in [-0.4, -0.2) is 16.5 Å². The van der Waals surface area contributed by atoms with Crippen LogP contribution in [0.3, 0.4) is 0 Å². The van der Waals surface area contributed by atoms with E-state index in [-0.39, 0.29) is 5.82 Å². The van der Waals surface area contributed by atoms with Crippen molar-refractivity contribution >= 4 is 11.5 Å². The lowest BCUT2D eigenvalue weighted by Gasteiger charge is -2.23. The van der Waals surface area contributed by atoms with Gasteiger partial charge in [0.1, 0.15) is 5.82 Å². The van der Waals surface area contributed by atoms with E-state index in [4.69, 9.17) is 5.73 Å². The summed E-state index contributed by atoms with van der Waals surface area (Å²) in [5, 5.41) is 0. The molecule has 0 saturated heterocycles. The number of rotatable bonds is 4. The Hall–Kier alpha value is -2.01. The second-order valence-corrected chi connectivity index (χ2v) is 3.75. The van der Waals surface area contributed by atoms with Gasteiger partial charge in [0.25, 0.3) is 0 Å². The van der Waals surface area contributed by atoms with Gasteiger partial charge in [-0.15, -0.1) is 0 Å². The largest absolute Gasteiger partial charge is 0.325 e. The summed E-state index contributed by atoms with van der Waals surface area (Å²) in [6.45, 7) is 2.93. The molecule has 0 unspecified atom stereocenters. The van der Waals surface area contributed by atoms with Crippen LogP contribution in [-0.2, 0) is 6.54 Å². The van der Waals surface area contributed by atoms with Gasteiger partial charge in [-0.1, -0.05) is 6.07 Å². The Balaban J connectivity index is 2.45. The van der Waals surface area contributed by atoms with Crippen molar-refractivity contribution in [3.05, 3.63) is 48.2 Å². The second-order valence-electron chi connectivity index (χ2n) is 3.75. The van der Waals surface area contributed by atoms with Crippen molar-refractivity contribution in [2.75, 3.05) is 11.4 Å². The number of benzene rings is 1. The topological polar surface area (TPSA) is 55.0 Å². The quantitative estimate of drug-likeness (QED) is 0.898. The normalized spacial score (nSPS) is 10.4. The summed E-state index contributed by atoms with van der Waals surface area (Å²) in [6, 6.07) is 6.39. The lowest BCUT2D eigenvalue weighted by atomic mass is 10.2. The Labute approximate surface area is 105 Å². The van der Waals surface area contributed by atoms with Crippen molar-refractivity contribution in [2.45, 2.75) is 13.5 Å². The Bertz CT molecular complexity index is 530. The van der Waals surface area contributed by atoms with Gasteiger partial charge < -0.3 is 10.6 Å². The fraction of sp³-hybridized carbons (Fsp3) is 0.231. The maximum absolute atomic E-state index is 13.3. The first-order valence-corrected chi connectivity index (χ1v) is 5.79. The molecule has 0 atom stereocenters. The van der Waals surface area contributed by atoms with Crippen LogP contribution in [0, 0.1) is 5.82 Å². The molecule has 94 valence electrons. The number of nitrogens with zero attached hydrogens (tertiary/aromatic N) is 3. The van der Waals surface area contributed by atoms with Crippen LogP contribution in [0.1, 0.15) is 12.6 Å². The van der Waals surface area contributed by atoms with E-state index in [1.54, 1.807) is 18.5 Å². The molecule has 0 fully saturated rings. The molecule has 1 heterocycles. The van der Waals surface area contributed by atoms with E-state index in [1.165, 1.54) is 12.1 Å². The molecular weight excluding hydrogens is 231 g/mol. The lowest BCUT2D eigenvalue weighted by Crippen LogP contribution is -2.20. The highest BCUT2D eigenvalue weighted by Crippen LogP contribution is 2.25. The van der Waals surface area contributed by atoms with Gasteiger partial charge in [0.15, 0.2) is 5.82 Å². The summed E-state index contributed by atoms with van der Waals surface area (Å²) < 4.78 is 13.3. The zero-order chi connectivity index (χ0) is 13.0. The monoisotopic (exact) mass is 246 g/mol. The Morgan fingerprint density at radius 3 is 2.72 bits per heavy atom. The van der Waals surface area contributed by atoms with E-state index >= 15 is 0 Å². The summed E-state index contributed by atoms with van der Waals surface area (Å²) >= 11 is 0. The Kier molecular flexibility index (Phi) is 3.84. The highest BCUT2D eigenvalue weighted by molar-refractivity contribution is 5.61. The molecule has 0 aliphatic carbocycles. The fourth-order valence-electron chi connectivity index (χ4n) is 1.83. The molecule has 0 bridgehead atoms. The molecule has 18 heavy (non-hydrogen) atoms. The van der Waals surface area contributed by atoms with E-state index in [0.29, 0.717) is 24.6 Å². The molecule has 2 aromatic rings. The average molecular weight is 246 g/mol. The van der Waals surface area contributed by atoms with E-state index in [9.17, 15) is 4.39 Å². The van der Waals surface area contributed by atoms with Crippen LogP contribution in [0.2, 0.25) is 0 Å². The summed E-state index contributed by atoms with van der Waals surface area (Å²) in [5.41, 5.74) is 7.09. The van der Waals surface area contributed by atoms with Crippen molar-refractivity contribution in [3.8, 4) is 0 Å². The molecule has 2 rings (SSSR count). The third-order valence-electron chi connectivity index (χ3n) is 2.64. The van der Waals surface area contributed by atoms with Gasteiger partial charge >= 0.3 is 0 Å². The number of halogens is 1. The standard InChI is InChI=1S/C13H15FN4/c1-2-18(11-5-3-4-10(14)8-11)13-12(9-15)16-6-7-17-13/h3-8H,2,9,15H2,1H3. The lowest BCUT2D eigenvalue weighted by molar-refractivity contribution is 0.627. The average Bonchev–Trinajstić information content (AvgIpc) is 2.40. The van der Waals surface area contributed by atoms with Crippen molar-refractivity contribution in [2.24, 2.45) is 5.73 Å². The molecule has 1 aromatic heterocycles. The SMILES string of the molecule is CCN(c1cccc(F)c1)c1nccnc1CN. The molecule has 0 spiro atoms. The highest BCUT2D eigenvalue weighted by Gasteiger charge is 2.13. The van der Waals surface area contributed by atoms with E-state index < -0.39 is 0 Å². The Morgan fingerprint density at radius 2 is 2.06 bits per heavy atom. The molecule has 2 N–H and O–H groups in total. The smallest absolute Gasteiger partial charge is 0.156 e. The summed E-state index contributed by atoms with van der Waals surface area (Å²) in [6.07, 6.45) is 3.21. The minimum atomic E-state index is -0.274. The number of hydrogen-bond donors (Lipinski definition) is 1. The third kappa shape index (κ3) is 2.46. The third-order valence-corrected chi connectivity index (χ3v) is 2.64. The van der Waals surface area contributed by atoms with Gasteiger partial charge in [-0.05, 0) is 25.1 Å². The van der Waals surface area contributed by atoms with Gasteiger partial charge in [0.2, 0.25) is 0 Å². The summed E-state index contributed by atoms with van der Waals surface area (Å²) in [5.74, 6) is 0.400. The van der Waals surface area contributed by atoms with Crippen LogP contribution in [0.4, 0.5) is 15.9 Å². The molecule has 0 aliphatic rings. The number of aromatic nitrogens is 2. The summed E-state index contributed by atoms with van der Waals surface area (Å²) in [4.78, 5) is 10.4. The van der Waals surface area contributed by atoms with Gasteiger partial charge in [-0.25, -0.2) is 9.37 Å². The molecule has 5 heteroatoms. The fourth-order valence-corrected chi connectivity index (χ4v) is 1.83. The predicted molar refractivity (Wildman–Crippen MR) is 69.0 cm³/mol. The first-order chi connectivity index (χ1) is 8.76. The van der Waals surface area contributed by atoms with Crippen LogP contribution < -0.4 is 10.6 Å². The summed E-state index contributed by atoms with van der Waals surface area (Å²) in [7, 11) is 0. The van der Waals surface area contributed by atoms with Crippen molar-refractivity contribution in [3.63, 3.8) is 0 Å². The van der Waals surface area contributed by atoms with Crippen LogP contribution >= 0.6 is 0 Å². The van der Waals surface area contributed by atoms with E-state index in [1.807, 2.05) is 17.9 Å². The van der Waals surface area contributed by atoms with Crippen LogP contribution in [0.15, 0.2) is 36.7 Å². The Morgan fingerprint density at radius 1 is 1.28 bits per heavy atom. The van der Waals surface area contributed by atoms with Gasteiger partial charge in [-0.3, -0.25) is 4.98 Å². The zero-order valence-corrected chi connectivity index (χ0v) is 10.2. The first kappa shape index (κ1) is 12.4. The molecule has 4 nitrogen and oxygen atoms in total. The molecule has 0 saturated carbocycles. The molecule has 0 amide bonds. The predicted octanol–water partition coefficient (Wildman–Crippen LogP) is 2.23.